The van der Waals surface area contributed by atoms with E-state index in [1.165, 1.54) is 0 Å². The molecule has 0 saturated carbocycles. The summed E-state index contributed by atoms with van der Waals surface area (Å²) in [7, 11) is 0. The number of aliphatic hydroxyl groups excluding tert-OH is 1. The predicted octanol–water partition coefficient (Wildman–Crippen LogP) is 2.38. The third-order valence-corrected chi connectivity index (χ3v) is 2.28. The lowest BCUT2D eigenvalue weighted by atomic mass is 9.84. The van der Waals surface area contributed by atoms with Gasteiger partial charge in [0.2, 0.25) is 0 Å². The standard InChI is InChI=1S/C11H15NO3/c1-11(2,3)9-6-4-5-8(7-13)10(9)12(14)15/h4-6,13H,7H2,1-3H3. The average Bonchev–Trinajstić information content (AvgIpc) is 2.15. The Balaban J connectivity index is 3.46. The molecule has 4 nitrogen and oxygen atoms in total. The fraction of sp³-hybridized carbons (Fsp3) is 0.455. The van der Waals surface area contributed by atoms with Gasteiger partial charge in [-0.3, -0.25) is 10.1 Å². The minimum Gasteiger partial charge on any atom is -0.391 e. The van der Waals surface area contributed by atoms with Crippen LogP contribution in [-0.4, -0.2) is 10.0 Å². The second-order valence-electron chi connectivity index (χ2n) is 4.48. The first kappa shape index (κ1) is 11.7. The summed E-state index contributed by atoms with van der Waals surface area (Å²) >= 11 is 0. The molecule has 0 atom stereocenters. The van der Waals surface area contributed by atoms with Crippen molar-refractivity contribution in [3.63, 3.8) is 0 Å². The molecule has 0 spiro atoms. The van der Waals surface area contributed by atoms with Crippen molar-refractivity contribution in [2.24, 2.45) is 0 Å². The third kappa shape index (κ3) is 2.33. The van der Waals surface area contributed by atoms with Crippen molar-refractivity contribution in [1.82, 2.24) is 0 Å². The Morgan fingerprint density at radius 2 is 2.00 bits per heavy atom. The van der Waals surface area contributed by atoms with Crippen LogP contribution in [0.5, 0.6) is 0 Å². The van der Waals surface area contributed by atoms with Crippen molar-refractivity contribution in [3.8, 4) is 0 Å². The summed E-state index contributed by atoms with van der Waals surface area (Å²) in [6, 6.07) is 5.05. The lowest BCUT2D eigenvalue weighted by molar-refractivity contribution is -0.387. The van der Waals surface area contributed by atoms with Crippen molar-refractivity contribution in [1.29, 1.82) is 0 Å². The zero-order valence-electron chi connectivity index (χ0n) is 9.15. The second-order valence-corrected chi connectivity index (χ2v) is 4.48. The van der Waals surface area contributed by atoms with E-state index >= 15 is 0 Å². The molecule has 0 heterocycles. The van der Waals surface area contributed by atoms with E-state index in [-0.39, 0.29) is 17.7 Å². The lowest BCUT2D eigenvalue weighted by Crippen LogP contribution is -2.15. The molecule has 1 rings (SSSR count). The summed E-state index contributed by atoms with van der Waals surface area (Å²) in [4.78, 5) is 10.5. The Hall–Kier alpha value is -1.42. The molecule has 15 heavy (non-hydrogen) atoms. The van der Waals surface area contributed by atoms with Crippen LogP contribution in [0.4, 0.5) is 5.69 Å². The smallest absolute Gasteiger partial charge is 0.278 e. The number of hydrogen-bond donors (Lipinski definition) is 1. The number of hydrogen-bond acceptors (Lipinski definition) is 3. The highest BCUT2D eigenvalue weighted by Crippen LogP contribution is 2.33. The first-order valence-corrected chi connectivity index (χ1v) is 4.75. The van der Waals surface area contributed by atoms with Gasteiger partial charge < -0.3 is 5.11 Å². The minimum absolute atomic E-state index is 0.0347. The van der Waals surface area contributed by atoms with Crippen LogP contribution < -0.4 is 0 Å². The van der Waals surface area contributed by atoms with E-state index in [4.69, 9.17) is 5.11 Å². The molecule has 1 aromatic rings. The van der Waals surface area contributed by atoms with Crippen molar-refractivity contribution in [2.75, 3.05) is 0 Å². The van der Waals surface area contributed by atoms with Crippen molar-refractivity contribution >= 4 is 5.69 Å². The minimum atomic E-state index is -0.424. The molecule has 0 radical (unpaired) electrons. The van der Waals surface area contributed by atoms with Crippen molar-refractivity contribution < 1.29 is 10.0 Å². The molecule has 1 aromatic carbocycles. The summed E-state index contributed by atoms with van der Waals surface area (Å²) in [5.74, 6) is 0. The number of para-hydroxylation sites is 1. The molecular weight excluding hydrogens is 194 g/mol. The molecule has 0 amide bonds. The van der Waals surface area contributed by atoms with E-state index in [0.717, 1.165) is 0 Å². The molecule has 0 aromatic heterocycles. The SMILES string of the molecule is CC(C)(C)c1cccc(CO)c1[N+](=O)[O-]. The summed E-state index contributed by atoms with van der Waals surface area (Å²) in [5.41, 5.74) is 0.757. The van der Waals surface area contributed by atoms with Gasteiger partial charge in [0, 0.05) is 5.56 Å². The van der Waals surface area contributed by atoms with Crippen molar-refractivity contribution in [2.45, 2.75) is 32.8 Å². The molecular formula is C11H15NO3. The monoisotopic (exact) mass is 209 g/mol. The van der Waals surface area contributed by atoms with Gasteiger partial charge in [0.15, 0.2) is 0 Å². The number of aliphatic hydroxyl groups is 1. The highest BCUT2D eigenvalue weighted by molar-refractivity contribution is 5.50. The van der Waals surface area contributed by atoms with Crippen LogP contribution in [-0.2, 0) is 12.0 Å². The largest absolute Gasteiger partial charge is 0.391 e. The second kappa shape index (κ2) is 3.98. The van der Waals surface area contributed by atoms with E-state index in [1.54, 1.807) is 18.2 Å². The molecule has 0 saturated heterocycles. The Bertz CT molecular complexity index is 380. The predicted molar refractivity (Wildman–Crippen MR) is 57.7 cm³/mol. The fourth-order valence-corrected chi connectivity index (χ4v) is 1.54. The van der Waals surface area contributed by atoms with Crippen molar-refractivity contribution in [3.05, 3.63) is 39.4 Å². The lowest BCUT2D eigenvalue weighted by Gasteiger charge is -2.19. The number of nitro groups is 1. The molecule has 82 valence electrons. The molecule has 0 unspecified atom stereocenters. The van der Waals surface area contributed by atoms with Gasteiger partial charge in [-0.1, -0.05) is 32.9 Å². The van der Waals surface area contributed by atoms with Crippen LogP contribution in [0.3, 0.4) is 0 Å². The average molecular weight is 209 g/mol. The Kier molecular flexibility index (Phi) is 3.09. The normalized spacial score (nSPS) is 11.5. The van der Waals surface area contributed by atoms with Crippen LogP contribution in [0.25, 0.3) is 0 Å². The number of nitrogens with zero attached hydrogens (tertiary/aromatic N) is 1. The number of rotatable bonds is 2. The maximum absolute atomic E-state index is 10.9. The number of nitro benzene ring substituents is 1. The maximum atomic E-state index is 10.9. The first-order valence-electron chi connectivity index (χ1n) is 4.75. The summed E-state index contributed by atoms with van der Waals surface area (Å²) < 4.78 is 0. The van der Waals surface area contributed by atoms with Crippen LogP contribution in [0.1, 0.15) is 31.9 Å². The van der Waals surface area contributed by atoms with Gasteiger partial charge in [-0.15, -0.1) is 0 Å². The van der Waals surface area contributed by atoms with E-state index in [2.05, 4.69) is 0 Å². The molecule has 0 aliphatic heterocycles. The molecule has 1 N–H and O–H groups in total. The topological polar surface area (TPSA) is 63.4 Å². The Morgan fingerprint density at radius 3 is 2.40 bits per heavy atom. The van der Waals surface area contributed by atoms with Gasteiger partial charge in [-0.2, -0.15) is 0 Å². The Labute approximate surface area is 88.7 Å². The maximum Gasteiger partial charge on any atom is 0.278 e. The van der Waals surface area contributed by atoms with E-state index in [9.17, 15) is 10.1 Å². The molecule has 0 aliphatic rings. The Morgan fingerprint density at radius 1 is 1.40 bits per heavy atom. The molecule has 0 aliphatic carbocycles. The zero-order valence-corrected chi connectivity index (χ0v) is 9.15. The van der Waals surface area contributed by atoms with E-state index in [1.807, 2.05) is 20.8 Å². The highest BCUT2D eigenvalue weighted by Gasteiger charge is 2.27. The fourth-order valence-electron chi connectivity index (χ4n) is 1.54. The van der Waals surface area contributed by atoms with Gasteiger partial charge in [-0.25, -0.2) is 0 Å². The third-order valence-electron chi connectivity index (χ3n) is 2.28. The van der Waals surface area contributed by atoms with Crippen LogP contribution >= 0.6 is 0 Å². The quantitative estimate of drug-likeness (QED) is 0.600. The molecule has 0 fully saturated rings. The summed E-state index contributed by atoms with van der Waals surface area (Å²) in [5, 5.41) is 20.0. The summed E-state index contributed by atoms with van der Waals surface area (Å²) in [6.45, 7) is 5.43. The first-order chi connectivity index (χ1) is 6.88. The van der Waals surface area contributed by atoms with Gasteiger partial charge in [0.1, 0.15) is 0 Å². The molecule has 4 heteroatoms. The van der Waals surface area contributed by atoms with Crippen LogP contribution in [0, 0.1) is 10.1 Å². The van der Waals surface area contributed by atoms with Gasteiger partial charge in [0.25, 0.3) is 5.69 Å². The van der Waals surface area contributed by atoms with Crippen LogP contribution in [0.15, 0.2) is 18.2 Å². The highest BCUT2D eigenvalue weighted by atomic mass is 16.6. The molecule has 0 bridgehead atoms. The van der Waals surface area contributed by atoms with E-state index in [0.29, 0.717) is 11.1 Å². The number of benzene rings is 1. The summed E-state index contributed by atoms with van der Waals surface area (Å²) in [6.07, 6.45) is 0. The van der Waals surface area contributed by atoms with Gasteiger partial charge in [0.05, 0.1) is 17.1 Å². The zero-order chi connectivity index (χ0) is 11.6. The van der Waals surface area contributed by atoms with E-state index < -0.39 is 4.92 Å². The van der Waals surface area contributed by atoms with Crippen LogP contribution in [0.2, 0.25) is 0 Å². The van der Waals surface area contributed by atoms with Gasteiger partial charge >= 0.3 is 0 Å². The van der Waals surface area contributed by atoms with Gasteiger partial charge in [-0.05, 0) is 11.5 Å².